The lowest BCUT2D eigenvalue weighted by Crippen LogP contribution is -2.23. The van der Waals surface area contributed by atoms with E-state index in [4.69, 9.17) is 14.5 Å². The van der Waals surface area contributed by atoms with Gasteiger partial charge in [0.05, 0.1) is 25.5 Å². The van der Waals surface area contributed by atoms with Crippen LogP contribution in [-0.4, -0.2) is 41.0 Å². The molecule has 0 aliphatic carbocycles. The summed E-state index contributed by atoms with van der Waals surface area (Å²) >= 11 is 0. The number of ether oxygens (including phenoxy) is 2. The highest BCUT2D eigenvalue weighted by Gasteiger charge is 2.28. The Labute approximate surface area is 176 Å². The van der Waals surface area contributed by atoms with E-state index in [2.05, 4.69) is 27.0 Å². The maximum atomic E-state index is 5.80. The van der Waals surface area contributed by atoms with E-state index in [1.165, 1.54) is 0 Å². The number of hydrogen-bond donors (Lipinski definition) is 2. The Morgan fingerprint density at radius 1 is 1.27 bits per heavy atom. The molecule has 0 bridgehead atoms. The van der Waals surface area contributed by atoms with Crippen molar-refractivity contribution in [2.24, 2.45) is 0 Å². The zero-order valence-corrected chi connectivity index (χ0v) is 17.6. The molecule has 7 heteroatoms. The summed E-state index contributed by atoms with van der Waals surface area (Å²) in [6.07, 6.45) is 4.65. The minimum atomic E-state index is 0.126. The Bertz CT molecular complexity index is 1020. The van der Waals surface area contributed by atoms with Crippen LogP contribution in [0.3, 0.4) is 0 Å². The van der Waals surface area contributed by atoms with Crippen LogP contribution in [0.1, 0.15) is 20.3 Å². The van der Waals surface area contributed by atoms with E-state index in [1.807, 2.05) is 56.4 Å². The van der Waals surface area contributed by atoms with Crippen LogP contribution in [0.4, 0.5) is 11.5 Å². The number of nitrogens with one attached hydrogen (secondary N) is 2. The summed E-state index contributed by atoms with van der Waals surface area (Å²) in [7, 11) is 1.63. The summed E-state index contributed by atoms with van der Waals surface area (Å²) < 4.78 is 11.3. The Balaban J connectivity index is 1.49. The van der Waals surface area contributed by atoms with Crippen molar-refractivity contribution >= 4 is 11.5 Å². The molecule has 0 spiro atoms. The smallest absolute Gasteiger partial charge is 0.223 e. The molecule has 2 N–H and O–H groups in total. The zero-order valence-electron chi connectivity index (χ0n) is 17.6. The van der Waals surface area contributed by atoms with Gasteiger partial charge in [-0.1, -0.05) is 12.6 Å². The zero-order chi connectivity index (χ0) is 21.1. The summed E-state index contributed by atoms with van der Waals surface area (Å²) in [4.78, 5) is 6.85. The number of H-pyrrole nitrogens is 1. The van der Waals surface area contributed by atoms with E-state index in [-0.39, 0.29) is 12.1 Å². The fourth-order valence-electron chi connectivity index (χ4n) is 3.66. The molecule has 1 aliphatic heterocycles. The first-order valence-corrected chi connectivity index (χ1v) is 10.1. The molecule has 3 heterocycles. The SMILES string of the molecule is C=C1C(Nc2cccc(OC(C)C)c2)CCN1c1ccc(-c2cn[nH]c2)c(OC)n1. The molecule has 0 amide bonds. The molecule has 1 atom stereocenters. The lowest BCUT2D eigenvalue weighted by Gasteiger charge is -2.22. The molecule has 2 aromatic heterocycles. The predicted molar refractivity (Wildman–Crippen MR) is 119 cm³/mol. The van der Waals surface area contributed by atoms with Crippen molar-refractivity contribution in [3.8, 4) is 22.8 Å². The highest BCUT2D eigenvalue weighted by molar-refractivity contribution is 5.70. The van der Waals surface area contributed by atoms with Gasteiger partial charge in [-0.25, -0.2) is 0 Å². The quantitative estimate of drug-likeness (QED) is 0.604. The first-order valence-electron chi connectivity index (χ1n) is 10.1. The van der Waals surface area contributed by atoms with Crippen LogP contribution in [0.25, 0.3) is 11.1 Å². The number of methoxy groups -OCH3 is 1. The number of benzene rings is 1. The molecule has 0 saturated carbocycles. The van der Waals surface area contributed by atoms with Crippen molar-refractivity contribution in [1.82, 2.24) is 15.2 Å². The van der Waals surface area contributed by atoms with Gasteiger partial charge in [0.25, 0.3) is 0 Å². The van der Waals surface area contributed by atoms with Gasteiger partial charge in [0.1, 0.15) is 11.6 Å². The molecular weight excluding hydrogens is 378 g/mol. The van der Waals surface area contributed by atoms with E-state index >= 15 is 0 Å². The minimum Gasteiger partial charge on any atom is -0.491 e. The van der Waals surface area contributed by atoms with Gasteiger partial charge in [-0.15, -0.1) is 0 Å². The summed E-state index contributed by atoms with van der Waals surface area (Å²) in [5.41, 5.74) is 3.84. The molecule has 1 aliphatic rings. The number of aromatic nitrogens is 3. The number of rotatable bonds is 7. The lowest BCUT2D eigenvalue weighted by molar-refractivity contribution is 0.242. The molecule has 1 aromatic carbocycles. The van der Waals surface area contributed by atoms with Crippen molar-refractivity contribution in [3.05, 3.63) is 61.1 Å². The van der Waals surface area contributed by atoms with E-state index in [0.29, 0.717) is 5.88 Å². The maximum absolute atomic E-state index is 5.80. The third-order valence-corrected chi connectivity index (χ3v) is 5.06. The fourth-order valence-corrected chi connectivity index (χ4v) is 3.66. The van der Waals surface area contributed by atoms with Gasteiger partial charge in [-0.3, -0.25) is 5.10 Å². The number of nitrogens with zero attached hydrogens (tertiary/aromatic N) is 3. The molecular formula is C23H27N5O2. The van der Waals surface area contributed by atoms with Crippen LogP contribution in [-0.2, 0) is 0 Å². The average molecular weight is 406 g/mol. The predicted octanol–water partition coefficient (Wildman–Crippen LogP) is 4.47. The molecule has 3 aromatic rings. The Hall–Kier alpha value is -3.48. The van der Waals surface area contributed by atoms with Crippen LogP contribution >= 0.6 is 0 Å². The van der Waals surface area contributed by atoms with Crippen LogP contribution in [0.2, 0.25) is 0 Å². The maximum Gasteiger partial charge on any atom is 0.223 e. The minimum absolute atomic E-state index is 0.126. The normalized spacial score (nSPS) is 16.2. The van der Waals surface area contributed by atoms with Gasteiger partial charge in [-0.2, -0.15) is 10.1 Å². The Kier molecular flexibility index (Phi) is 5.61. The Morgan fingerprint density at radius 2 is 2.13 bits per heavy atom. The van der Waals surface area contributed by atoms with E-state index in [9.17, 15) is 0 Å². The standard InChI is InChI=1S/C23H27N5O2/c1-15(2)30-19-7-5-6-18(12-19)26-21-10-11-28(16(21)3)22-9-8-20(23(27-22)29-4)17-13-24-25-14-17/h5-9,12-15,21,26H,3,10-11H2,1-2,4H3,(H,24,25). The van der Waals surface area contributed by atoms with Crippen LogP contribution in [0, 0.1) is 0 Å². The number of pyridine rings is 1. The van der Waals surface area contributed by atoms with E-state index < -0.39 is 0 Å². The summed E-state index contributed by atoms with van der Waals surface area (Å²) in [6, 6.07) is 12.2. The average Bonchev–Trinajstić information content (AvgIpc) is 3.38. The molecule has 1 unspecified atom stereocenters. The van der Waals surface area contributed by atoms with Gasteiger partial charge in [-0.05, 0) is 44.5 Å². The fraction of sp³-hybridized carbons (Fsp3) is 0.304. The van der Waals surface area contributed by atoms with Gasteiger partial charge in [0.15, 0.2) is 0 Å². The third-order valence-electron chi connectivity index (χ3n) is 5.06. The molecule has 4 rings (SSSR count). The number of anilines is 2. The second kappa shape index (κ2) is 8.49. The van der Waals surface area contributed by atoms with Crippen LogP contribution < -0.4 is 19.7 Å². The van der Waals surface area contributed by atoms with E-state index in [0.717, 1.165) is 47.0 Å². The van der Waals surface area contributed by atoms with Crippen molar-refractivity contribution in [2.45, 2.75) is 32.4 Å². The largest absolute Gasteiger partial charge is 0.491 e. The second-order valence-electron chi connectivity index (χ2n) is 7.54. The second-order valence-corrected chi connectivity index (χ2v) is 7.54. The van der Waals surface area contributed by atoms with Crippen molar-refractivity contribution in [2.75, 3.05) is 23.9 Å². The lowest BCUT2D eigenvalue weighted by atomic mass is 10.1. The van der Waals surface area contributed by atoms with Crippen molar-refractivity contribution in [1.29, 1.82) is 0 Å². The molecule has 0 radical (unpaired) electrons. The van der Waals surface area contributed by atoms with Gasteiger partial charge in [0, 0.05) is 41.3 Å². The van der Waals surface area contributed by atoms with Crippen LogP contribution in [0.15, 0.2) is 61.1 Å². The third kappa shape index (κ3) is 4.10. The monoisotopic (exact) mass is 405 g/mol. The summed E-state index contributed by atoms with van der Waals surface area (Å²) in [5, 5.41) is 10.4. The van der Waals surface area contributed by atoms with Gasteiger partial charge in [0.2, 0.25) is 5.88 Å². The van der Waals surface area contributed by atoms with Gasteiger partial charge < -0.3 is 19.7 Å². The summed E-state index contributed by atoms with van der Waals surface area (Å²) in [5.74, 6) is 2.25. The number of hydrogen-bond acceptors (Lipinski definition) is 6. The topological polar surface area (TPSA) is 75.3 Å². The Morgan fingerprint density at radius 3 is 2.87 bits per heavy atom. The van der Waals surface area contributed by atoms with Crippen molar-refractivity contribution < 1.29 is 9.47 Å². The van der Waals surface area contributed by atoms with Crippen molar-refractivity contribution in [3.63, 3.8) is 0 Å². The van der Waals surface area contributed by atoms with E-state index in [1.54, 1.807) is 13.3 Å². The highest BCUT2D eigenvalue weighted by Crippen LogP contribution is 2.34. The molecule has 1 fully saturated rings. The first kappa shape index (κ1) is 19.8. The first-order chi connectivity index (χ1) is 14.5. The van der Waals surface area contributed by atoms with Gasteiger partial charge >= 0.3 is 0 Å². The number of aromatic amines is 1. The highest BCUT2D eigenvalue weighted by atomic mass is 16.5. The molecule has 7 nitrogen and oxygen atoms in total. The van der Waals surface area contributed by atoms with Crippen LogP contribution in [0.5, 0.6) is 11.6 Å². The molecule has 1 saturated heterocycles. The molecule has 156 valence electrons. The molecule has 30 heavy (non-hydrogen) atoms. The summed E-state index contributed by atoms with van der Waals surface area (Å²) in [6.45, 7) is 9.21.